The molecule has 0 aliphatic carbocycles. The molecule has 1 heterocycles. The lowest BCUT2D eigenvalue weighted by Gasteiger charge is -2.13. The summed E-state index contributed by atoms with van der Waals surface area (Å²) in [6.45, 7) is 0.571. The van der Waals surface area contributed by atoms with Gasteiger partial charge >= 0.3 is 0 Å². The average molecular weight is 282 g/mol. The Morgan fingerprint density at radius 3 is 2.65 bits per heavy atom. The molecule has 7 heteroatoms. The van der Waals surface area contributed by atoms with E-state index in [1.807, 2.05) is 0 Å². The fraction of sp³-hybridized carbons (Fsp3) is 0.385. The van der Waals surface area contributed by atoms with Gasteiger partial charge < -0.3 is 10.4 Å². The van der Waals surface area contributed by atoms with Gasteiger partial charge in [-0.25, -0.2) is 13.8 Å². The monoisotopic (exact) mass is 282 g/mol. The number of nitrogens with zero attached hydrogens (tertiary/aromatic N) is 3. The first-order valence-corrected chi connectivity index (χ1v) is 6.25. The molecular weight excluding hydrogens is 266 g/mol. The van der Waals surface area contributed by atoms with Crippen molar-refractivity contribution < 1.29 is 13.9 Å². The van der Waals surface area contributed by atoms with Gasteiger partial charge in [0.2, 0.25) is 0 Å². The molecule has 2 N–H and O–H groups in total. The van der Waals surface area contributed by atoms with Crippen molar-refractivity contribution >= 4 is 0 Å². The van der Waals surface area contributed by atoms with Gasteiger partial charge in [0, 0.05) is 26.6 Å². The molecule has 0 bridgehead atoms. The number of aromatic nitrogens is 3. The topological polar surface area (TPSA) is 63.0 Å². The summed E-state index contributed by atoms with van der Waals surface area (Å²) in [4.78, 5) is 4.05. The van der Waals surface area contributed by atoms with Gasteiger partial charge in [-0.05, 0) is 12.1 Å². The Bertz CT molecular complexity index is 553. The zero-order valence-corrected chi connectivity index (χ0v) is 11.1. The molecular formula is C13H16F2N4O. The molecule has 0 fully saturated rings. The van der Waals surface area contributed by atoms with Crippen LogP contribution < -0.4 is 5.32 Å². The van der Waals surface area contributed by atoms with Gasteiger partial charge in [-0.1, -0.05) is 6.07 Å². The zero-order chi connectivity index (χ0) is 14.5. The molecule has 0 radical (unpaired) electrons. The predicted molar refractivity (Wildman–Crippen MR) is 68.9 cm³/mol. The second-order valence-corrected chi connectivity index (χ2v) is 4.44. The third kappa shape index (κ3) is 3.58. The second-order valence-electron chi connectivity index (χ2n) is 4.44. The van der Waals surface area contributed by atoms with Gasteiger partial charge in [0.1, 0.15) is 18.0 Å². The van der Waals surface area contributed by atoms with E-state index in [4.69, 9.17) is 0 Å². The number of nitrogens with one attached hydrogen (secondary N) is 1. The Labute approximate surface area is 115 Å². The molecule has 1 aromatic carbocycles. The molecule has 0 spiro atoms. The molecule has 0 amide bonds. The standard InChI is InChI=1S/C13H16F2N4O/c1-19-8-17-12(18-19)5-6-16-7-11(20)13-9(14)3-2-4-10(13)15/h2-4,8,11,16,20H,5-7H2,1H3. The van der Waals surface area contributed by atoms with Crippen molar-refractivity contribution in [3.63, 3.8) is 0 Å². The lowest BCUT2D eigenvalue weighted by Crippen LogP contribution is -2.25. The average Bonchev–Trinajstić information content (AvgIpc) is 2.80. The lowest BCUT2D eigenvalue weighted by molar-refractivity contribution is 0.165. The van der Waals surface area contributed by atoms with E-state index in [0.717, 1.165) is 12.1 Å². The van der Waals surface area contributed by atoms with Crippen molar-refractivity contribution in [2.24, 2.45) is 7.05 Å². The van der Waals surface area contributed by atoms with Gasteiger partial charge in [0.25, 0.3) is 0 Å². The normalized spacial score (nSPS) is 12.6. The van der Waals surface area contributed by atoms with E-state index in [9.17, 15) is 13.9 Å². The van der Waals surface area contributed by atoms with Crippen LogP contribution in [-0.2, 0) is 13.5 Å². The summed E-state index contributed by atoms with van der Waals surface area (Å²) in [7, 11) is 1.77. The highest BCUT2D eigenvalue weighted by Gasteiger charge is 2.17. The molecule has 0 aliphatic rings. The van der Waals surface area contributed by atoms with Crippen molar-refractivity contribution in [2.45, 2.75) is 12.5 Å². The van der Waals surface area contributed by atoms with Crippen molar-refractivity contribution in [2.75, 3.05) is 13.1 Å². The van der Waals surface area contributed by atoms with E-state index in [1.54, 1.807) is 18.1 Å². The van der Waals surface area contributed by atoms with Crippen molar-refractivity contribution in [1.29, 1.82) is 0 Å². The summed E-state index contributed by atoms with van der Waals surface area (Å²) in [6, 6.07) is 3.51. The minimum absolute atomic E-state index is 0.0602. The van der Waals surface area contributed by atoms with E-state index in [-0.39, 0.29) is 12.1 Å². The molecule has 0 aliphatic heterocycles. The molecule has 108 valence electrons. The van der Waals surface area contributed by atoms with Crippen LogP contribution in [0, 0.1) is 11.6 Å². The number of hydrogen-bond acceptors (Lipinski definition) is 4. The first kappa shape index (κ1) is 14.5. The first-order valence-electron chi connectivity index (χ1n) is 6.25. The van der Waals surface area contributed by atoms with E-state index in [2.05, 4.69) is 15.4 Å². The Morgan fingerprint density at radius 2 is 2.05 bits per heavy atom. The fourth-order valence-corrected chi connectivity index (χ4v) is 1.87. The molecule has 1 unspecified atom stereocenters. The smallest absolute Gasteiger partial charge is 0.151 e. The Morgan fingerprint density at radius 1 is 1.35 bits per heavy atom. The summed E-state index contributed by atoms with van der Waals surface area (Å²) in [6.07, 6.45) is 0.944. The summed E-state index contributed by atoms with van der Waals surface area (Å²) in [5.74, 6) is -0.817. The van der Waals surface area contributed by atoms with Crippen LogP contribution in [0.25, 0.3) is 0 Å². The number of aliphatic hydroxyl groups is 1. The van der Waals surface area contributed by atoms with Gasteiger partial charge in [0.05, 0.1) is 11.7 Å². The second kappa shape index (κ2) is 6.53. The maximum Gasteiger partial charge on any atom is 0.151 e. The highest BCUT2D eigenvalue weighted by Crippen LogP contribution is 2.19. The number of aliphatic hydroxyl groups excluding tert-OH is 1. The van der Waals surface area contributed by atoms with Crippen molar-refractivity contribution in [3.8, 4) is 0 Å². The molecule has 20 heavy (non-hydrogen) atoms. The Hall–Kier alpha value is -1.86. The predicted octanol–water partition coefficient (Wildman–Crippen LogP) is 0.959. The number of benzene rings is 1. The van der Waals surface area contributed by atoms with Gasteiger partial charge in [-0.2, -0.15) is 5.10 Å². The molecule has 2 aromatic rings. The maximum atomic E-state index is 13.4. The van der Waals surface area contributed by atoms with E-state index >= 15 is 0 Å². The summed E-state index contributed by atoms with van der Waals surface area (Å²) >= 11 is 0. The molecule has 1 aromatic heterocycles. The van der Waals surface area contributed by atoms with Crippen LogP contribution in [0.15, 0.2) is 24.5 Å². The SMILES string of the molecule is Cn1cnc(CCNCC(O)c2c(F)cccc2F)n1. The zero-order valence-electron chi connectivity index (χ0n) is 11.1. The third-order valence-electron chi connectivity index (χ3n) is 2.84. The maximum absolute atomic E-state index is 13.4. The molecule has 0 saturated heterocycles. The Balaban J connectivity index is 1.82. The van der Waals surface area contributed by atoms with Crippen LogP contribution in [0.3, 0.4) is 0 Å². The minimum atomic E-state index is -1.23. The van der Waals surface area contributed by atoms with E-state index in [0.29, 0.717) is 18.8 Å². The van der Waals surface area contributed by atoms with Gasteiger partial charge in [0.15, 0.2) is 5.82 Å². The number of aryl methyl sites for hydroxylation is 1. The molecule has 0 saturated carbocycles. The quantitative estimate of drug-likeness (QED) is 0.775. The molecule has 1 atom stereocenters. The summed E-state index contributed by atoms with van der Waals surface area (Å²) < 4.78 is 28.5. The summed E-state index contributed by atoms with van der Waals surface area (Å²) in [5, 5.41) is 16.8. The summed E-state index contributed by atoms with van der Waals surface area (Å²) in [5.41, 5.74) is -0.309. The first-order chi connectivity index (χ1) is 9.58. The van der Waals surface area contributed by atoms with Crippen molar-refractivity contribution in [3.05, 3.63) is 47.5 Å². The van der Waals surface area contributed by atoms with E-state index < -0.39 is 17.7 Å². The van der Waals surface area contributed by atoms with Crippen LogP contribution in [-0.4, -0.2) is 33.0 Å². The van der Waals surface area contributed by atoms with Crippen LogP contribution in [0.5, 0.6) is 0 Å². The third-order valence-corrected chi connectivity index (χ3v) is 2.84. The molecule has 2 rings (SSSR count). The van der Waals surface area contributed by atoms with E-state index in [1.165, 1.54) is 6.07 Å². The van der Waals surface area contributed by atoms with Crippen LogP contribution in [0.4, 0.5) is 8.78 Å². The van der Waals surface area contributed by atoms with Crippen molar-refractivity contribution in [1.82, 2.24) is 20.1 Å². The number of halogens is 2. The van der Waals surface area contributed by atoms with Crippen LogP contribution in [0.2, 0.25) is 0 Å². The number of hydrogen-bond donors (Lipinski definition) is 2. The van der Waals surface area contributed by atoms with Gasteiger partial charge in [-0.15, -0.1) is 0 Å². The van der Waals surface area contributed by atoms with Gasteiger partial charge in [-0.3, -0.25) is 4.68 Å². The molecule has 5 nitrogen and oxygen atoms in total. The Kier molecular flexibility index (Phi) is 4.75. The fourth-order valence-electron chi connectivity index (χ4n) is 1.87. The van der Waals surface area contributed by atoms with Crippen LogP contribution >= 0.6 is 0 Å². The highest BCUT2D eigenvalue weighted by atomic mass is 19.1. The number of rotatable bonds is 6. The minimum Gasteiger partial charge on any atom is -0.387 e. The highest BCUT2D eigenvalue weighted by molar-refractivity contribution is 5.22. The van der Waals surface area contributed by atoms with Crippen LogP contribution in [0.1, 0.15) is 17.5 Å². The lowest BCUT2D eigenvalue weighted by atomic mass is 10.1. The largest absolute Gasteiger partial charge is 0.387 e.